The maximum absolute atomic E-state index is 13.1. The van der Waals surface area contributed by atoms with Crippen molar-refractivity contribution in [2.75, 3.05) is 43.8 Å². The van der Waals surface area contributed by atoms with Gasteiger partial charge in [-0.05, 0) is 55.8 Å². The van der Waals surface area contributed by atoms with Crippen molar-refractivity contribution < 1.29 is 14.3 Å². The number of likely N-dealkylation sites (tertiary alicyclic amines) is 1. The van der Waals surface area contributed by atoms with Crippen molar-refractivity contribution in [3.05, 3.63) is 36.2 Å². The lowest BCUT2D eigenvalue weighted by atomic mass is 10.1. The third-order valence-electron chi connectivity index (χ3n) is 5.09. The molecule has 3 rings (SSSR count). The number of hydrogen-bond acceptors (Lipinski definition) is 8. The van der Waals surface area contributed by atoms with Gasteiger partial charge in [-0.15, -0.1) is 16.9 Å². The summed E-state index contributed by atoms with van der Waals surface area (Å²) in [5, 5.41) is 11.1. The number of aromatic nitrogens is 3. The Kier molecular flexibility index (Phi) is 8.17. The molecule has 0 bridgehead atoms. The van der Waals surface area contributed by atoms with E-state index in [1.165, 1.54) is 7.11 Å². The molecule has 1 N–H and O–H groups in total. The molecule has 1 aromatic carbocycles. The first kappa shape index (κ1) is 22.6. The SMILES string of the molecule is COC(=O)c1cn([C@@H]2C[C@@H](C(=O)Nc3cccc(SC)c3)N(CCCSC)C2)nn1. The van der Waals surface area contributed by atoms with Gasteiger partial charge in [0, 0.05) is 17.1 Å². The Hall–Kier alpha value is -2.04. The van der Waals surface area contributed by atoms with E-state index >= 15 is 0 Å². The average Bonchev–Trinajstić information content (AvgIpc) is 3.41. The molecule has 1 fully saturated rings. The third-order valence-corrected chi connectivity index (χ3v) is 6.52. The summed E-state index contributed by atoms with van der Waals surface area (Å²) < 4.78 is 6.39. The number of nitrogens with zero attached hydrogens (tertiary/aromatic N) is 4. The maximum atomic E-state index is 13.1. The summed E-state index contributed by atoms with van der Waals surface area (Å²) in [6.45, 7) is 1.51. The number of carbonyl (C=O) groups excluding carboxylic acids is 2. The molecule has 0 spiro atoms. The average molecular weight is 450 g/mol. The predicted molar refractivity (Wildman–Crippen MR) is 120 cm³/mol. The lowest BCUT2D eigenvalue weighted by Crippen LogP contribution is -2.40. The van der Waals surface area contributed by atoms with E-state index < -0.39 is 5.97 Å². The smallest absolute Gasteiger partial charge is 0.360 e. The van der Waals surface area contributed by atoms with Crippen molar-refractivity contribution in [1.29, 1.82) is 0 Å². The van der Waals surface area contributed by atoms with Gasteiger partial charge in [-0.25, -0.2) is 9.48 Å². The fraction of sp³-hybridized carbons (Fsp3) is 0.500. The van der Waals surface area contributed by atoms with Gasteiger partial charge in [-0.2, -0.15) is 11.8 Å². The molecule has 10 heteroatoms. The highest BCUT2D eigenvalue weighted by molar-refractivity contribution is 7.98. The zero-order valence-corrected chi connectivity index (χ0v) is 19.0. The van der Waals surface area contributed by atoms with Crippen molar-refractivity contribution in [2.24, 2.45) is 0 Å². The highest BCUT2D eigenvalue weighted by Gasteiger charge is 2.38. The monoisotopic (exact) mass is 449 g/mol. The minimum atomic E-state index is -0.515. The Morgan fingerprint density at radius 2 is 2.17 bits per heavy atom. The zero-order valence-electron chi connectivity index (χ0n) is 17.4. The van der Waals surface area contributed by atoms with Crippen LogP contribution in [0.1, 0.15) is 29.4 Å². The summed E-state index contributed by atoms with van der Waals surface area (Å²) in [6.07, 6.45) is 7.30. The summed E-state index contributed by atoms with van der Waals surface area (Å²) in [6, 6.07) is 7.55. The maximum Gasteiger partial charge on any atom is 0.360 e. The first-order valence-electron chi connectivity index (χ1n) is 9.73. The van der Waals surface area contributed by atoms with Crippen LogP contribution in [0.5, 0.6) is 0 Å². The number of ether oxygens (including phenoxy) is 1. The van der Waals surface area contributed by atoms with E-state index in [1.54, 1.807) is 34.4 Å². The molecule has 30 heavy (non-hydrogen) atoms. The molecule has 1 aliphatic heterocycles. The minimum Gasteiger partial charge on any atom is -0.464 e. The van der Waals surface area contributed by atoms with Crippen LogP contribution in [-0.4, -0.2) is 76.3 Å². The van der Waals surface area contributed by atoms with Crippen LogP contribution in [0, 0.1) is 0 Å². The number of rotatable bonds is 9. The Morgan fingerprint density at radius 1 is 1.33 bits per heavy atom. The van der Waals surface area contributed by atoms with Crippen molar-refractivity contribution >= 4 is 41.1 Å². The van der Waals surface area contributed by atoms with Crippen LogP contribution in [0.3, 0.4) is 0 Å². The molecule has 8 nitrogen and oxygen atoms in total. The Bertz CT molecular complexity index is 876. The van der Waals surface area contributed by atoms with Crippen LogP contribution in [0.4, 0.5) is 5.69 Å². The highest BCUT2D eigenvalue weighted by atomic mass is 32.2. The largest absolute Gasteiger partial charge is 0.464 e. The van der Waals surface area contributed by atoms with Crippen LogP contribution < -0.4 is 5.32 Å². The summed E-state index contributed by atoms with van der Waals surface area (Å²) in [5.41, 5.74) is 0.973. The summed E-state index contributed by atoms with van der Waals surface area (Å²) in [7, 11) is 1.32. The molecule has 162 valence electrons. The van der Waals surface area contributed by atoms with E-state index in [0.29, 0.717) is 13.0 Å². The van der Waals surface area contributed by atoms with E-state index in [1.807, 2.05) is 30.5 Å². The van der Waals surface area contributed by atoms with Crippen molar-refractivity contribution in [1.82, 2.24) is 19.9 Å². The topological polar surface area (TPSA) is 89.4 Å². The second kappa shape index (κ2) is 10.8. The molecule has 0 aliphatic carbocycles. The molecule has 2 atom stereocenters. The molecule has 2 heterocycles. The molecule has 0 saturated carbocycles. The number of anilines is 1. The van der Waals surface area contributed by atoms with E-state index in [-0.39, 0.29) is 23.7 Å². The van der Waals surface area contributed by atoms with Gasteiger partial charge in [0.25, 0.3) is 0 Å². The molecule has 1 saturated heterocycles. The number of amides is 1. The first-order valence-corrected chi connectivity index (χ1v) is 12.4. The number of esters is 1. The summed E-state index contributed by atoms with van der Waals surface area (Å²) >= 11 is 3.44. The second-order valence-electron chi connectivity index (χ2n) is 7.04. The Balaban J connectivity index is 1.73. The molecule has 1 aromatic heterocycles. The number of nitrogens with one attached hydrogen (secondary N) is 1. The number of hydrogen-bond donors (Lipinski definition) is 1. The standard InChI is InChI=1S/C20H27N5O3S2/c1-28-20(27)17-13-25(23-22-17)15-11-18(24(12-15)8-5-9-29-2)19(26)21-14-6-4-7-16(10-14)30-3/h4,6-7,10,13,15,18H,5,8-9,11-12H2,1-3H3,(H,21,26)/t15-,18+/m1/s1. The van der Waals surface area contributed by atoms with E-state index in [0.717, 1.165) is 29.3 Å². The van der Waals surface area contributed by atoms with Gasteiger partial charge in [0.2, 0.25) is 5.91 Å². The first-order chi connectivity index (χ1) is 14.5. The highest BCUT2D eigenvalue weighted by Crippen LogP contribution is 2.29. The lowest BCUT2D eigenvalue weighted by molar-refractivity contribution is -0.120. The van der Waals surface area contributed by atoms with Gasteiger partial charge in [-0.1, -0.05) is 11.3 Å². The molecule has 1 amide bonds. The van der Waals surface area contributed by atoms with Gasteiger partial charge in [0.1, 0.15) is 0 Å². The third kappa shape index (κ3) is 5.55. The predicted octanol–water partition coefficient (Wildman–Crippen LogP) is 2.79. The van der Waals surface area contributed by atoms with E-state index in [9.17, 15) is 9.59 Å². The molecular formula is C20H27N5O3S2. The van der Waals surface area contributed by atoms with Gasteiger partial charge < -0.3 is 10.1 Å². The van der Waals surface area contributed by atoms with Crippen molar-refractivity contribution in [2.45, 2.75) is 29.8 Å². The Labute approximate surface area is 185 Å². The lowest BCUT2D eigenvalue weighted by Gasteiger charge is -2.23. The number of benzene rings is 1. The van der Waals surface area contributed by atoms with Crippen LogP contribution in [0.25, 0.3) is 0 Å². The van der Waals surface area contributed by atoms with Crippen LogP contribution in [0.15, 0.2) is 35.4 Å². The molecule has 1 aliphatic rings. The van der Waals surface area contributed by atoms with Gasteiger partial charge in [0.05, 0.1) is 25.4 Å². The normalized spacial score (nSPS) is 19.0. The van der Waals surface area contributed by atoms with E-state index in [4.69, 9.17) is 4.74 Å². The molecular weight excluding hydrogens is 422 g/mol. The van der Waals surface area contributed by atoms with Gasteiger partial charge in [-0.3, -0.25) is 9.69 Å². The van der Waals surface area contributed by atoms with Crippen molar-refractivity contribution in [3.63, 3.8) is 0 Å². The molecule has 0 radical (unpaired) electrons. The fourth-order valence-electron chi connectivity index (χ4n) is 3.58. The molecule has 2 aromatic rings. The number of carbonyl (C=O) groups is 2. The Morgan fingerprint density at radius 3 is 2.90 bits per heavy atom. The summed E-state index contributed by atoms with van der Waals surface area (Å²) in [5.74, 6) is 0.508. The van der Waals surface area contributed by atoms with Crippen LogP contribution in [-0.2, 0) is 9.53 Å². The van der Waals surface area contributed by atoms with Gasteiger partial charge >= 0.3 is 5.97 Å². The minimum absolute atomic E-state index is 0.0202. The quantitative estimate of drug-likeness (QED) is 0.355. The number of thioether (sulfide) groups is 2. The zero-order chi connectivity index (χ0) is 21.5. The van der Waals surface area contributed by atoms with E-state index in [2.05, 4.69) is 26.8 Å². The fourth-order valence-corrected chi connectivity index (χ4v) is 4.46. The van der Waals surface area contributed by atoms with Crippen LogP contribution in [0.2, 0.25) is 0 Å². The second-order valence-corrected chi connectivity index (χ2v) is 8.91. The van der Waals surface area contributed by atoms with Crippen LogP contribution >= 0.6 is 23.5 Å². The summed E-state index contributed by atoms with van der Waals surface area (Å²) in [4.78, 5) is 28.1. The van der Waals surface area contributed by atoms with Gasteiger partial charge in [0.15, 0.2) is 5.69 Å². The number of methoxy groups -OCH3 is 1. The van der Waals surface area contributed by atoms with Crippen molar-refractivity contribution in [3.8, 4) is 0 Å². The molecule has 0 unspecified atom stereocenters.